The first-order valence-corrected chi connectivity index (χ1v) is 10.3. The molecule has 0 radical (unpaired) electrons. The molecule has 0 aliphatic heterocycles. The summed E-state index contributed by atoms with van der Waals surface area (Å²) in [4.78, 5) is 14.0. The molecule has 7 heteroatoms. The van der Waals surface area contributed by atoms with Crippen LogP contribution >= 0.6 is 11.6 Å². The van der Waals surface area contributed by atoms with E-state index in [-0.39, 0.29) is 16.5 Å². The highest BCUT2D eigenvalue weighted by Crippen LogP contribution is 2.25. The number of amides is 1. The minimum Gasteiger partial charge on any atom is -0.374 e. The number of rotatable bonds is 7. The fourth-order valence-electron chi connectivity index (χ4n) is 3.42. The first-order valence-electron chi connectivity index (χ1n) is 9.93. The van der Waals surface area contributed by atoms with Gasteiger partial charge in [0, 0.05) is 30.2 Å². The van der Waals surface area contributed by atoms with Gasteiger partial charge in [0.05, 0.1) is 6.54 Å². The van der Waals surface area contributed by atoms with Crippen molar-refractivity contribution in [1.82, 2.24) is 15.5 Å². The molecule has 0 saturated heterocycles. The third-order valence-corrected chi connectivity index (χ3v) is 5.79. The number of aliphatic hydroxyl groups is 1. The maximum atomic E-state index is 13.4. The van der Waals surface area contributed by atoms with Crippen LogP contribution in [0.2, 0.25) is 5.02 Å². The lowest BCUT2D eigenvalue weighted by Gasteiger charge is -2.34. The molecule has 1 aliphatic rings. The van der Waals surface area contributed by atoms with Crippen molar-refractivity contribution in [2.45, 2.75) is 64.3 Å². The summed E-state index contributed by atoms with van der Waals surface area (Å²) >= 11 is 5.84. The van der Waals surface area contributed by atoms with Gasteiger partial charge < -0.3 is 15.3 Å². The second-order valence-corrected chi connectivity index (χ2v) is 9.17. The fraction of sp³-hybridized carbons (Fsp3) is 0.667. The minimum absolute atomic E-state index is 0.105. The maximum Gasteiger partial charge on any atom is 0.236 e. The van der Waals surface area contributed by atoms with Crippen LogP contribution in [-0.4, -0.2) is 47.6 Å². The van der Waals surface area contributed by atoms with Crippen molar-refractivity contribution in [1.29, 1.82) is 0 Å². The van der Waals surface area contributed by atoms with Gasteiger partial charge in [-0.15, -0.1) is 0 Å². The predicted octanol–water partition coefficient (Wildman–Crippen LogP) is 3.46. The van der Waals surface area contributed by atoms with Crippen molar-refractivity contribution in [2.24, 2.45) is 5.92 Å². The number of aliphatic hydroxyl groups excluding tert-OH is 1. The molecule has 1 atom stereocenters. The monoisotopic (exact) mass is 413 g/mol. The Morgan fingerprint density at radius 2 is 1.93 bits per heavy atom. The molecule has 2 rings (SSSR count). The van der Waals surface area contributed by atoms with Gasteiger partial charge in [0.15, 0.2) is 0 Å². The van der Waals surface area contributed by atoms with Crippen LogP contribution in [0.1, 0.15) is 58.2 Å². The highest BCUT2D eigenvalue weighted by atomic mass is 35.5. The van der Waals surface area contributed by atoms with Gasteiger partial charge in [-0.1, -0.05) is 11.6 Å². The van der Waals surface area contributed by atoms with E-state index < -0.39 is 12.0 Å². The van der Waals surface area contributed by atoms with Crippen molar-refractivity contribution < 1.29 is 14.3 Å². The van der Waals surface area contributed by atoms with Crippen LogP contribution in [0.5, 0.6) is 0 Å². The molecule has 158 valence electrons. The molecule has 28 heavy (non-hydrogen) atoms. The normalized spacial score (nSPS) is 21.4. The number of halogens is 2. The lowest BCUT2D eigenvalue weighted by atomic mass is 9.86. The topological polar surface area (TPSA) is 64.6 Å². The zero-order valence-corrected chi connectivity index (χ0v) is 18.0. The molecule has 5 nitrogen and oxygen atoms in total. The second kappa shape index (κ2) is 10.0. The van der Waals surface area contributed by atoms with Crippen LogP contribution in [-0.2, 0) is 4.79 Å². The van der Waals surface area contributed by atoms with E-state index in [0.29, 0.717) is 30.6 Å². The standard InChI is InChI=1S/C21H33ClFN3O2/c1-21(2,3)26(4)19(27)13-24-18-7-5-14(6-8-18)12-25-20(28)15-9-16(22)11-17(23)10-15/h9-11,14,18,20,24-25,28H,5-8,12-13H2,1-4H3. The SMILES string of the molecule is CN(C(=O)CNC1CCC(CNC(O)c2cc(F)cc(Cl)c2)CC1)C(C)(C)C. The zero-order valence-electron chi connectivity index (χ0n) is 17.3. The first-order chi connectivity index (χ1) is 13.1. The lowest BCUT2D eigenvalue weighted by molar-refractivity contribution is -0.133. The van der Waals surface area contributed by atoms with Crippen molar-refractivity contribution >= 4 is 17.5 Å². The van der Waals surface area contributed by atoms with E-state index >= 15 is 0 Å². The average molecular weight is 414 g/mol. The molecule has 1 amide bonds. The summed E-state index contributed by atoms with van der Waals surface area (Å²) in [7, 11) is 1.84. The summed E-state index contributed by atoms with van der Waals surface area (Å²) in [5.74, 6) is 0.0967. The Hall–Kier alpha value is -1.21. The number of nitrogens with one attached hydrogen (secondary N) is 2. The molecule has 0 bridgehead atoms. The van der Waals surface area contributed by atoms with Gasteiger partial charge in [-0.25, -0.2) is 4.39 Å². The number of hydrogen-bond donors (Lipinski definition) is 3. The fourth-order valence-corrected chi connectivity index (χ4v) is 3.65. The van der Waals surface area contributed by atoms with Crippen LogP contribution in [0.3, 0.4) is 0 Å². The quantitative estimate of drug-likeness (QED) is 0.599. The van der Waals surface area contributed by atoms with Crippen LogP contribution in [0.25, 0.3) is 0 Å². The summed E-state index contributed by atoms with van der Waals surface area (Å²) in [6.07, 6.45) is 3.10. The molecule has 1 aromatic rings. The number of hydrogen-bond acceptors (Lipinski definition) is 4. The Morgan fingerprint density at radius 1 is 1.29 bits per heavy atom. The Bertz CT molecular complexity index is 637. The van der Waals surface area contributed by atoms with Crippen LogP contribution in [0.4, 0.5) is 4.39 Å². The molecule has 0 aromatic heterocycles. The third-order valence-electron chi connectivity index (χ3n) is 5.57. The molecule has 0 spiro atoms. The summed E-state index contributed by atoms with van der Waals surface area (Å²) < 4.78 is 13.4. The Morgan fingerprint density at radius 3 is 2.50 bits per heavy atom. The van der Waals surface area contributed by atoms with Crippen LogP contribution in [0.15, 0.2) is 18.2 Å². The first kappa shape index (κ1) is 23.1. The number of benzene rings is 1. The van der Waals surface area contributed by atoms with Gasteiger partial charge in [0.25, 0.3) is 0 Å². The van der Waals surface area contributed by atoms with Gasteiger partial charge >= 0.3 is 0 Å². The van der Waals surface area contributed by atoms with Crippen molar-refractivity contribution in [3.63, 3.8) is 0 Å². The number of carbonyl (C=O) groups is 1. The van der Waals surface area contributed by atoms with E-state index in [1.165, 1.54) is 12.1 Å². The number of carbonyl (C=O) groups excluding carboxylic acids is 1. The largest absolute Gasteiger partial charge is 0.374 e. The van der Waals surface area contributed by atoms with E-state index in [1.807, 2.05) is 27.8 Å². The molecular weight excluding hydrogens is 381 g/mol. The highest BCUT2D eigenvalue weighted by molar-refractivity contribution is 6.30. The zero-order chi connectivity index (χ0) is 20.9. The van der Waals surface area contributed by atoms with Gasteiger partial charge in [0.1, 0.15) is 12.0 Å². The van der Waals surface area contributed by atoms with E-state index in [2.05, 4.69) is 10.6 Å². The van der Waals surface area contributed by atoms with Crippen molar-refractivity contribution in [3.05, 3.63) is 34.6 Å². The van der Waals surface area contributed by atoms with Crippen molar-refractivity contribution in [2.75, 3.05) is 20.1 Å². The predicted molar refractivity (Wildman–Crippen MR) is 111 cm³/mol. The summed E-state index contributed by atoms with van der Waals surface area (Å²) in [5.41, 5.74) is 0.260. The molecule has 1 aromatic carbocycles. The van der Waals surface area contributed by atoms with Gasteiger partial charge in [-0.05, 0) is 76.1 Å². The minimum atomic E-state index is -0.936. The highest BCUT2D eigenvalue weighted by Gasteiger charge is 2.25. The molecule has 1 saturated carbocycles. The molecule has 3 N–H and O–H groups in total. The Kier molecular flexibility index (Phi) is 8.25. The van der Waals surface area contributed by atoms with Crippen LogP contribution in [0, 0.1) is 11.7 Å². The van der Waals surface area contributed by atoms with Gasteiger partial charge in [-0.2, -0.15) is 0 Å². The van der Waals surface area contributed by atoms with E-state index in [1.54, 1.807) is 11.0 Å². The number of likely N-dealkylation sites (N-methyl/N-ethyl adjacent to an activating group) is 1. The smallest absolute Gasteiger partial charge is 0.236 e. The molecule has 1 fully saturated rings. The van der Waals surface area contributed by atoms with Gasteiger partial charge in [-0.3, -0.25) is 10.1 Å². The summed E-state index contributed by atoms with van der Waals surface area (Å²) in [6.45, 7) is 7.09. The number of nitrogens with zero attached hydrogens (tertiary/aromatic N) is 1. The van der Waals surface area contributed by atoms with Crippen molar-refractivity contribution in [3.8, 4) is 0 Å². The summed E-state index contributed by atoms with van der Waals surface area (Å²) in [6, 6.07) is 4.42. The lowest BCUT2D eigenvalue weighted by Crippen LogP contribution is -2.48. The molecular formula is C21H33ClFN3O2. The molecule has 1 aliphatic carbocycles. The Labute approximate surface area is 172 Å². The second-order valence-electron chi connectivity index (χ2n) is 8.74. The van der Waals surface area contributed by atoms with Gasteiger partial charge in [0.2, 0.25) is 5.91 Å². The summed E-state index contributed by atoms with van der Waals surface area (Å²) in [5, 5.41) is 16.9. The van der Waals surface area contributed by atoms with E-state index in [4.69, 9.17) is 11.6 Å². The van der Waals surface area contributed by atoms with E-state index in [0.717, 1.165) is 25.7 Å². The average Bonchev–Trinajstić information content (AvgIpc) is 2.62. The molecule has 1 unspecified atom stereocenters. The third kappa shape index (κ3) is 6.99. The van der Waals surface area contributed by atoms with E-state index in [9.17, 15) is 14.3 Å². The van der Waals surface area contributed by atoms with Crippen LogP contribution < -0.4 is 10.6 Å². The maximum absolute atomic E-state index is 13.4. The molecule has 0 heterocycles. The Balaban J connectivity index is 1.70.